The first kappa shape index (κ1) is 12.8. The lowest BCUT2D eigenvalue weighted by Crippen LogP contribution is -2.12. The van der Waals surface area contributed by atoms with E-state index in [9.17, 15) is 4.79 Å². The van der Waals surface area contributed by atoms with Crippen molar-refractivity contribution in [2.24, 2.45) is 5.73 Å². The largest absolute Gasteiger partial charge is 0.468 e. The average Bonchev–Trinajstić information content (AvgIpc) is 2.65. The molecule has 2 N–H and O–H groups in total. The van der Waals surface area contributed by atoms with E-state index in [-0.39, 0.29) is 11.2 Å². The molecule has 1 atom stereocenters. The van der Waals surface area contributed by atoms with E-state index in [1.807, 2.05) is 12.1 Å². The number of methoxy groups -OCH3 is 1. The van der Waals surface area contributed by atoms with E-state index >= 15 is 0 Å². The van der Waals surface area contributed by atoms with E-state index < -0.39 is 0 Å². The molecular weight excluding hydrogens is 254 g/mol. The summed E-state index contributed by atoms with van der Waals surface area (Å²) in [4.78, 5) is 12.1. The van der Waals surface area contributed by atoms with E-state index in [4.69, 9.17) is 17.3 Å². The Bertz CT molecular complexity index is 330. The molecule has 0 aliphatic rings. The Balaban J connectivity index is 2.53. The van der Waals surface area contributed by atoms with Crippen LogP contribution in [0.2, 0.25) is 4.34 Å². The minimum atomic E-state index is -0.235. The molecule has 0 bridgehead atoms. The maximum atomic E-state index is 11.0. The van der Waals surface area contributed by atoms with Crippen molar-refractivity contribution < 1.29 is 9.53 Å². The third-order valence-corrected chi connectivity index (χ3v) is 4.50. The fourth-order valence-electron chi connectivity index (χ4n) is 0.995. The van der Waals surface area contributed by atoms with Crippen LogP contribution in [0, 0.1) is 0 Å². The Hall–Kier alpha value is -0.230. The van der Waals surface area contributed by atoms with Crippen LogP contribution < -0.4 is 5.73 Å². The molecule has 0 saturated carbocycles. The molecule has 0 fully saturated rings. The number of thioether (sulfide) groups is 1. The van der Waals surface area contributed by atoms with Crippen LogP contribution in [0.1, 0.15) is 10.1 Å². The van der Waals surface area contributed by atoms with Gasteiger partial charge >= 0.3 is 5.97 Å². The Morgan fingerprint density at radius 2 is 2.47 bits per heavy atom. The van der Waals surface area contributed by atoms with Crippen molar-refractivity contribution in [3.63, 3.8) is 0 Å². The molecule has 0 aliphatic heterocycles. The quantitative estimate of drug-likeness (QED) is 0.830. The van der Waals surface area contributed by atoms with Gasteiger partial charge in [-0.2, -0.15) is 0 Å². The highest BCUT2D eigenvalue weighted by molar-refractivity contribution is 8.00. The monoisotopic (exact) mass is 265 g/mol. The molecule has 1 rings (SSSR count). The number of ether oxygens (including phenoxy) is 1. The van der Waals surface area contributed by atoms with Gasteiger partial charge in [-0.25, -0.2) is 0 Å². The number of carbonyl (C=O) groups excluding carboxylic acids is 1. The van der Waals surface area contributed by atoms with Crippen LogP contribution in [0.15, 0.2) is 12.1 Å². The van der Waals surface area contributed by atoms with Crippen molar-refractivity contribution in [1.82, 2.24) is 0 Å². The maximum Gasteiger partial charge on any atom is 0.315 e. The zero-order chi connectivity index (χ0) is 11.3. The van der Waals surface area contributed by atoms with Crippen LogP contribution in [0.3, 0.4) is 0 Å². The predicted molar refractivity (Wildman–Crippen MR) is 65.6 cm³/mol. The summed E-state index contributed by atoms with van der Waals surface area (Å²) in [5.74, 6) is 0.0783. The van der Waals surface area contributed by atoms with Crippen LogP contribution in [0.5, 0.6) is 0 Å². The van der Waals surface area contributed by atoms with E-state index in [2.05, 4.69) is 4.74 Å². The highest BCUT2D eigenvalue weighted by Crippen LogP contribution is 2.34. The SMILES string of the molecule is COC(=O)CSC(CN)c1ccc(Cl)s1. The standard InChI is InChI=1S/C9H12ClNO2S2/c1-13-9(12)5-14-7(4-11)6-2-3-8(10)15-6/h2-3,7H,4-5,11H2,1H3. The smallest absolute Gasteiger partial charge is 0.315 e. The highest BCUT2D eigenvalue weighted by Gasteiger charge is 2.14. The van der Waals surface area contributed by atoms with E-state index in [0.717, 1.165) is 9.21 Å². The number of esters is 1. The van der Waals surface area contributed by atoms with Crippen molar-refractivity contribution >= 4 is 40.7 Å². The zero-order valence-electron chi connectivity index (χ0n) is 8.23. The van der Waals surface area contributed by atoms with Crippen molar-refractivity contribution in [2.45, 2.75) is 5.25 Å². The summed E-state index contributed by atoms with van der Waals surface area (Å²) >= 11 is 8.79. The Morgan fingerprint density at radius 1 is 1.73 bits per heavy atom. The van der Waals surface area contributed by atoms with Gasteiger partial charge in [-0.15, -0.1) is 23.1 Å². The van der Waals surface area contributed by atoms with Gasteiger partial charge in [-0.05, 0) is 12.1 Å². The third-order valence-electron chi connectivity index (χ3n) is 1.76. The normalized spacial score (nSPS) is 12.5. The fraction of sp³-hybridized carbons (Fsp3) is 0.444. The minimum Gasteiger partial charge on any atom is -0.468 e. The molecule has 1 unspecified atom stereocenters. The molecule has 0 amide bonds. The predicted octanol–water partition coefficient (Wildman–Crippen LogP) is 2.31. The summed E-state index contributed by atoms with van der Waals surface area (Å²) in [7, 11) is 1.38. The molecule has 1 aromatic rings. The summed E-state index contributed by atoms with van der Waals surface area (Å²) in [5.41, 5.74) is 5.63. The van der Waals surface area contributed by atoms with Gasteiger partial charge < -0.3 is 10.5 Å². The molecule has 84 valence electrons. The summed E-state index contributed by atoms with van der Waals surface area (Å²) in [6, 6.07) is 3.78. The Kier molecular flexibility index (Phi) is 5.45. The highest BCUT2D eigenvalue weighted by atomic mass is 35.5. The molecule has 0 radical (unpaired) electrons. The Morgan fingerprint density at radius 3 is 2.93 bits per heavy atom. The molecule has 0 aromatic carbocycles. The maximum absolute atomic E-state index is 11.0. The summed E-state index contributed by atoms with van der Waals surface area (Å²) < 4.78 is 5.30. The lowest BCUT2D eigenvalue weighted by Gasteiger charge is -2.11. The number of hydrogen-bond acceptors (Lipinski definition) is 5. The number of nitrogens with two attached hydrogens (primary N) is 1. The van der Waals surface area contributed by atoms with Gasteiger partial charge in [0.2, 0.25) is 0 Å². The number of thiophene rings is 1. The summed E-state index contributed by atoms with van der Waals surface area (Å²) in [6.45, 7) is 0.485. The molecule has 15 heavy (non-hydrogen) atoms. The second kappa shape index (κ2) is 6.37. The van der Waals surface area contributed by atoms with Crippen molar-refractivity contribution in [3.8, 4) is 0 Å². The topological polar surface area (TPSA) is 52.3 Å². The van der Waals surface area contributed by atoms with Crippen molar-refractivity contribution in [1.29, 1.82) is 0 Å². The van der Waals surface area contributed by atoms with Gasteiger partial charge in [0, 0.05) is 11.4 Å². The van der Waals surface area contributed by atoms with Crippen LogP contribution in [0.4, 0.5) is 0 Å². The average molecular weight is 266 g/mol. The number of rotatable bonds is 5. The number of carbonyl (C=O) groups is 1. The second-order valence-electron chi connectivity index (χ2n) is 2.75. The first-order valence-electron chi connectivity index (χ1n) is 4.31. The summed E-state index contributed by atoms with van der Waals surface area (Å²) in [6.07, 6.45) is 0. The Labute approximate surface area is 102 Å². The second-order valence-corrected chi connectivity index (χ2v) is 5.69. The summed E-state index contributed by atoms with van der Waals surface area (Å²) in [5, 5.41) is 0.113. The number of halogens is 1. The zero-order valence-corrected chi connectivity index (χ0v) is 10.6. The lowest BCUT2D eigenvalue weighted by molar-refractivity contribution is -0.137. The van der Waals surface area contributed by atoms with Crippen LogP contribution in [0.25, 0.3) is 0 Å². The first-order valence-corrected chi connectivity index (χ1v) is 6.55. The van der Waals surface area contributed by atoms with Crippen LogP contribution in [-0.2, 0) is 9.53 Å². The van der Waals surface area contributed by atoms with Gasteiger partial charge in [0.15, 0.2) is 0 Å². The van der Waals surface area contributed by atoms with Crippen LogP contribution in [-0.4, -0.2) is 25.4 Å². The lowest BCUT2D eigenvalue weighted by atomic mass is 10.3. The molecule has 0 aliphatic carbocycles. The molecular formula is C9H12ClNO2S2. The van der Waals surface area contributed by atoms with E-state index in [0.29, 0.717) is 12.3 Å². The van der Waals surface area contributed by atoms with Crippen molar-refractivity contribution in [2.75, 3.05) is 19.4 Å². The number of hydrogen-bond donors (Lipinski definition) is 1. The minimum absolute atomic E-state index is 0.113. The van der Waals surface area contributed by atoms with E-state index in [1.165, 1.54) is 30.2 Å². The molecule has 0 saturated heterocycles. The third kappa shape index (κ3) is 4.03. The van der Waals surface area contributed by atoms with Crippen LogP contribution >= 0.6 is 34.7 Å². The van der Waals surface area contributed by atoms with Gasteiger partial charge in [-0.3, -0.25) is 4.79 Å². The molecule has 1 heterocycles. The van der Waals surface area contributed by atoms with Gasteiger partial charge in [0.05, 0.1) is 22.4 Å². The molecule has 3 nitrogen and oxygen atoms in total. The van der Waals surface area contributed by atoms with Crippen molar-refractivity contribution in [3.05, 3.63) is 21.3 Å². The van der Waals surface area contributed by atoms with Gasteiger partial charge in [0.25, 0.3) is 0 Å². The molecule has 0 spiro atoms. The van der Waals surface area contributed by atoms with Gasteiger partial charge in [-0.1, -0.05) is 11.6 Å². The first-order chi connectivity index (χ1) is 7.17. The van der Waals surface area contributed by atoms with Gasteiger partial charge in [0.1, 0.15) is 0 Å². The molecule has 1 aromatic heterocycles. The fourth-order valence-corrected chi connectivity index (χ4v) is 3.23. The molecule has 6 heteroatoms. The van der Waals surface area contributed by atoms with E-state index in [1.54, 1.807) is 0 Å².